The highest BCUT2D eigenvalue weighted by Crippen LogP contribution is 2.36. The lowest BCUT2D eigenvalue weighted by Gasteiger charge is -2.11. The molecule has 6 aromatic rings. The Bertz CT molecular complexity index is 1910. The van der Waals surface area contributed by atoms with Gasteiger partial charge >= 0.3 is 3.18 Å². The largest absolute Gasteiger partial charge is 0.506 e. The summed E-state index contributed by atoms with van der Waals surface area (Å²) >= 11 is 22.7. The summed E-state index contributed by atoms with van der Waals surface area (Å²) in [6.07, 6.45) is 3.58. The summed E-state index contributed by atoms with van der Waals surface area (Å²) in [6, 6.07) is 20.7. The van der Waals surface area contributed by atoms with Gasteiger partial charge in [0.25, 0.3) is 0 Å². The monoisotopic (exact) mass is 1030 g/mol. The Kier molecular flexibility index (Phi) is 12.4. The average Bonchev–Trinajstić information content (AvgIpc) is 3.58. The number of ether oxygens (including phenoxy) is 1. The van der Waals surface area contributed by atoms with Gasteiger partial charge in [-0.15, -0.1) is 47.3 Å². The Hall–Kier alpha value is -1.16. The third kappa shape index (κ3) is 8.17. The van der Waals surface area contributed by atoms with Crippen LogP contribution in [0, 0.1) is 11.6 Å². The topological polar surface area (TPSA) is 39.3 Å². The van der Waals surface area contributed by atoms with Gasteiger partial charge in [-0.05, 0) is 72.8 Å². The molecule has 0 saturated heterocycles. The summed E-state index contributed by atoms with van der Waals surface area (Å²) in [5.74, 6) is 0.172. The maximum atomic E-state index is 14.2. The number of phenols is 1. The number of hydrogen-bond donors (Lipinski definition) is 1. The molecule has 6 rings (SSSR count). The number of aromatic hydroxyl groups is 1. The van der Waals surface area contributed by atoms with Gasteiger partial charge in [0.1, 0.15) is 23.1 Å². The van der Waals surface area contributed by atoms with Crippen molar-refractivity contribution in [2.75, 3.05) is 7.11 Å². The van der Waals surface area contributed by atoms with Gasteiger partial charge in [-0.2, -0.15) is 0 Å². The first-order chi connectivity index (χ1) is 20.4. The van der Waals surface area contributed by atoms with Gasteiger partial charge in [-0.1, -0.05) is 63.7 Å². The third-order valence-corrected chi connectivity index (χ3v) is 8.46. The number of phenolic OH excluding ortho intramolecular Hbond substituents is 1. The summed E-state index contributed by atoms with van der Waals surface area (Å²) in [4.78, 5) is 0. The minimum absolute atomic E-state index is 0.116. The molecular formula is C29H18BBr7F2N2O2. The molecule has 0 spiro atoms. The molecule has 0 unspecified atom stereocenters. The van der Waals surface area contributed by atoms with Crippen LogP contribution in [0.4, 0.5) is 8.78 Å². The number of benzene rings is 4. The van der Waals surface area contributed by atoms with Crippen LogP contribution in [-0.4, -0.2) is 24.5 Å². The predicted molar refractivity (Wildman–Crippen MR) is 198 cm³/mol. The third-order valence-electron chi connectivity index (χ3n) is 6.09. The van der Waals surface area contributed by atoms with E-state index in [1.807, 2.05) is 36.5 Å². The van der Waals surface area contributed by atoms with Crippen LogP contribution < -0.4 is 4.74 Å². The Morgan fingerprint density at radius 2 is 1.09 bits per heavy atom. The molecule has 222 valence electrons. The molecule has 0 fully saturated rings. The summed E-state index contributed by atoms with van der Waals surface area (Å²) < 4.78 is 40.5. The molecule has 0 atom stereocenters. The maximum Gasteiger partial charge on any atom is 0.369 e. The lowest BCUT2D eigenvalue weighted by molar-refractivity contribution is 0.418. The molecule has 0 bridgehead atoms. The van der Waals surface area contributed by atoms with Crippen molar-refractivity contribution in [1.29, 1.82) is 0 Å². The Morgan fingerprint density at radius 1 is 0.651 bits per heavy atom. The normalized spacial score (nSPS) is 10.7. The second kappa shape index (κ2) is 15.4. The van der Waals surface area contributed by atoms with Crippen LogP contribution in [0.3, 0.4) is 0 Å². The van der Waals surface area contributed by atoms with E-state index < -0.39 is 0 Å². The van der Waals surface area contributed by atoms with Crippen molar-refractivity contribution in [1.82, 2.24) is 9.13 Å². The van der Waals surface area contributed by atoms with Crippen LogP contribution in [0.15, 0.2) is 103 Å². The van der Waals surface area contributed by atoms with Gasteiger partial charge in [0.2, 0.25) is 0 Å². The Labute approximate surface area is 305 Å². The lowest BCUT2D eigenvalue weighted by Crippen LogP contribution is -1.98. The first-order valence-corrected chi connectivity index (χ1v) is 18.0. The van der Waals surface area contributed by atoms with E-state index in [9.17, 15) is 13.9 Å². The summed E-state index contributed by atoms with van der Waals surface area (Å²) in [6.45, 7) is 0. The zero-order valence-electron chi connectivity index (χ0n) is 21.8. The zero-order valence-corrected chi connectivity index (χ0v) is 32.9. The SMILES string of the molecule is BrB(Br)Br.COc1ccc(Br)c2ccn(-c3ccc(Br)cc3F)c12.Oc1ccc(Br)c2ccn(-c3ccc(Br)cc3F)c12. The first-order valence-electron chi connectivity index (χ1n) is 12.1. The average molecular weight is 1030 g/mol. The second-order valence-corrected chi connectivity index (χ2v) is 18.6. The predicted octanol–water partition coefficient (Wildman–Crippen LogP) is 12.5. The van der Waals surface area contributed by atoms with Gasteiger partial charge in [0, 0.05) is 41.1 Å². The molecule has 0 aliphatic carbocycles. The molecule has 43 heavy (non-hydrogen) atoms. The number of fused-ring (bicyclic) bond motifs is 2. The van der Waals surface area contributed by atoms with Crippen molar-refractivity contribution in [3.63, 3.8) is 0 Å². The number of methoxy groups -OCH3 is 1. The molecular weight excluding hydrogens is 1020 g/mol. The highest BCUT2D eigenvalue weighted by Gasteiger charge is 2.15. The molecule has 0 amide bonds. The van der Waals surface area contributed by atoms with E-state index in [2.05, 4.69) is 111 Å². The molecule has 0 aliphatic heterocycles. The van der Waals surface area contributed by atoms with Gasteiger partial charge in [0.15, 0.2) is 0 Å². The molecule has 4 aromatic carbocycles. The van der Waals surface area contributed by atoms with Gasteiger partial charge in [-0.3, -0.25) is 0 Å². The molecule has 1 N–H and O–H groups in total. The molecule has 0 radical (unpaired) electrons. The zero-order chi connectivity index (χ0) is 31.4. The van der Waals surface area contributed by atoms with Crippen LogP contribution in [0.2, 0.25) is 0 Å². The fourth-order valence-corrected chi connectivity index (χ4v) is 5.89. The fourth-order valence-electron chi connectivity index (χ4n) is 4.32. The molecule has 2 heterocycles. The van der Waals surface area contributed by atoms with Crippen molar-refractivity contribution < 1.29 is 18.6 Å². The van der Waals surface area contributed by atoms with Crippen molar-refractivity contribution in [2.45, 2.75) is 0 Å². The van der Waals surface area contributed by atoms with Crippen LogP contribution in [0.5, 0.6) is 11.5 Å². The van der Waals surface area contributed by atoms with Gasteiger partial charge in [-0.25, -0.2) is 8.78 Å². The van der Waals surface area contributed by atoms with E-state index in [4.69, 9.17) is 4.74 Å². The summed E-state index contributed by atoms with van der Waals surface area (Å²) in [7, 11) is 1.61. The standard InChI is InChI=1S/C15H10Br2FNO.C14H8Br2FNO.BBr3/c1-20-14-5-3-11(17)10-6-7-19(15(10)14)13-4-2-9(16)8-12(13)18;15-8-1-3-12(11(17)7-8)18-6-5-9-10(16)2-4-13(19)14(9)18;2-1(3)4/h2-8H,1H3;1-7,19H;. The molecule has 2 aromatic heterocycles. The van der Waals surface area contributed by atoms with Crippen LogP contribution in [0.25, 0.3) is 33.2 Å². The van der Waals surface area contributed by atoms with Gasteiger partial charge in [0.05, 0.1) is 29.5 Å². The fraction of sp³-hybridized carbons (Fsp3) is 0.0345. The van der Waals surface area contributed by atoms with Gasteiger partial charge < -0.3 is 19.0 Å². The molecule has 4 nitrogen and oxygen atoms in total. The quantitative estimate of drug-likeness (QED) is 0.179. The van der Waals surface area contributed by atoms with E-state index in [1.54, 1.807) is 52.8 Å². The van der Waals surface area contributed by atoms with E-state index >= 15 is 0 Å². The maximum absolute atomic E-state index is 14.2. The van der Waals surface area contributed by atoms with Crippen molar-refractivity contribution in [2.24, 2.45) is 0 Å². The smallest absolute Gasteiger partial charge is 0.369 e. The number of rotatable bonds is 3. The second-order valence-electron chi connectivity index (χ2n) is 8.65. The van der Waals surface area contributed by atoms with E-state index in [0.29, 0.717) is 31.6 Å². The molecule has 0 aliphatic rings. The van der Waals surface area contributed by atoms with Crippen LogP contribution >= 0.6 is 111 Å². The molecule has 14 heteroatoms. The summed E-state index contributed by atoms with van der Waals surface area (Å²) in [5.41, 5.74) is 2.30. The molecule has 0 saturated carbocycles. The number of halogens is 9. The number of aromatic nitrogens is 2. The van der Waals surface area contributed by atoms with Crippen molar-refractivity contribution >= 4 is 136 Å². The van der Waals surface area contributed by atoms with Crippen LogP contribution in [0.1, 0.15) is 0 Å². The highest BCUT2D eigenvalue weighted by atomic mass is 79.9. The minimum Gasteiger partial charge on any atom is -0.506 e. The highest BCUT2D eigenvalue weighted by molar-refractivity contribution is 9.69. The van der Waals surface area contributed by atoms with Crippen molar-refractivity contribution in [3.8, 4) is 22.9 Å². The first kappa shape index (κ1) is 34.7. The number of nitrogens with zero attached hydrogens (tertiary/aromatic N) is 2. The minimum atomic E-state index is -0.355. The Balaban J connectivity index is 0.000000176. The Morgan fingerprint density at radius 3 is 1.56 bits per heavy atom. The summed E-state index contributed by atoms with van der Waals surface area (Å²) in [5, 5.41) is 11.8. The van der Waals surface area contributed by atoms with Crippen LogP contribution in [-0.2, 0) is 0 Å². The lowest BCUT2D eigenvalue weighted by atomic mass is 10.2. The van der Waals surface area contributed by atoms with E-state index in [0.717, 1.165) is 25.2 Å². The van der Waals surface area contributed by atoms with Crippen molar-refractivity contribution in [3.05, 3.63) is 115 Å². The van der Waals surface area contributed by atoms with E-state index in [-0.39, 0.29) is 20.6 Å². The van der Waals surface area contributed by atoms with E-state index in [1.165, 1.54) is 12.1 Å². The number of hydrogen-bond acceptors (Lipinski definition) is 2.